The molecule has 0 N–H and O–H groups in total. The summed E-state index contributed by atoms with van der Waals surface area (Å²) in [6.45, 7) is 11.4. The Morgan fingerprint density at radius 2 is 1.77 bits per heavy atom. The maximum Gasteiger partial charge on any atom is 0.0520 e. The molecule has 0 fully saturated rings. The van der Waals surface area contributed by atoms with Gasteiger partial charge in [0, 0.05) is 0 Å². The Labute approximate surface area is 84.2 Å². The van der Waals surface area contributed by atoms with E-state index in [4.69, 9.17) is 0 Å². The van der Waals surface area contributed by atoms with E-state index in [0.29, 0.717) is 5.41 Å². The standard InChI is InChI=1S/C12H20Si/c1-9-6-7-11(13-5)10(8-9)12(2,3)4/h6-8H,13H2,1-5H3. The first-order valence-electron chi connectivity index (χ1n) is 5.05. The van der Waals surface area contributed by atoms with Gasteiger partial charge in [-0.05, 0) is 17.9 Å². The van der Waals surface area contributed by atoms with Crippen LogP contribution in [0.15, 0.2) is 18.2 Å². The maximum absolute atomic E-state index is 2.36. The molecule has 0 saturated carbocycles. The molecule has 1 aromatic carbocycles. The molecule has 0 aliphatic rings. The second kappa shape index (κ2) is 3.67. The zero-order valence-electron chi connectivity index (χ0n) is 9.44. The van der Waals surface area contributed by atoms with E-state index in [1.54, 1.807) is 10.8 Å². The fourth-order valence-electron chi connectivity index (χ4n) is 1.70. The van der Waals surface area contributed by atoms with E-state index in [0.717, 1.165) is 0 Å². The summed E-state index contributed by atoms with van der Waals surface area (Å²) in [7, 11) is -0.0334. The highest BCUT2D eigenvalue weighted by Gasteiger charge is 2.16. The molecule has 13 heavy (non-hydrogen) atoms. The largest absolute Gasteiger partial charge is 0.0708 e. The monoisotopic (exact) mass is 192 g/mol. The summed E-state index contributed by atoms with van der Waals surface area (Å²) in [6.07, 6.45) is 0. The van der Waals surface area contributed by atoms with Gasteiger partial charge in [0.1, 0.15) is 0 Å². The molecule has 0 aliphatic heterocycles. The van der Waals surface area contributed by atoms with Gasteiger partial charge in [-0.1, -0.05) is 56.3 Å². The molecule has 72 valence electrons. The van der Waals surface area contributed by atoms with Crippen molar-refractivity contribution in [3.8, 4) is 0 Å². The normalized spacial score (nSPS) is 12.7. The molecule has 0 aliphatic carbocycles. The van der Waals surface area contributed by atoms with Crippen LogP contribution >= 0.6 is 0 Å². The minimum atomic E-state index is -0.0334. The van der Waals surface area contributed by atoms with Gasteiger partial charge in [0.2, 0.25) is 0 Å². The van der Waals surface area contributed by atoms with E-state index in [-0.39, 0.29) is 9.52 Å². The SMILES string of the molecule is C[SiH2]c1ccc(C)cc1C(C)(C)C. The second-order valence-electron chi connectivity index (χ2n) is 4.76. The molecule has 0 heterocycles. The molecule has 0 nitrogen and oxygen atoms in total. The molecule has 0 radical (unpaired) electrons. The Hall–Kier alpha value is -0.563. The van der Waals surface area contributed by atoms with E-state index in [2.05, 4.69) is 52.4 Å². The second-order valence-corrected chi connectivity index (χ2v) is 6.23. The average Bonchev–Trinajstić information content (AvgIpc) is 2.03. The van der Waals surface area contributed by atoms with Crippen LogP contribution in [0.1, 0.15) is 31.9 Å². The lowest BCUT2D eigenvalue weighted by molar-refractivity contribution is 0.593. The number of rotatable bonds is 1. The fraction of sp³-hybridized carbons (Fsp3) is 0.500. The Morgan fingerprint density at radius 3 is 2.23 bits per heavy atom. The summed E-state index contributed by atoms with van der Waals surface area (Å²) in [5.74, 6) is 0. The summed E-state index contributed by atoms with van der Waals surface area (Å²) < 4.78 is 0. The van der Waals surface area contributed by atoms with Gasteiger partial charge in [0.15, 0.2) is 0 Å². The Bertz CT molecular complexity index is 294. The van der Waals surface area contributed by atoms with Crippen LogP contribution in [0, 0.1) is 6.92 Å². The van der Waals surface area contributed by atoms with Crippen molar-refractivity contribution < 1.29 is 0 Å². The highest BCUT2D eigenvalue weighted by molar-refractivity contribution is 6.52. The Morgan fingerprint density at radius 1 is 1.15 bits per heavy atom. The number of aryl methyl sites for hydroxylation is 1. The van der Waals surface area contributed by atoms with Crippen molar-refractivity contribution in [2.45, 2.75) is 39.7 Å². The van der Waals surface area contributed by atoms with Gasteiger partial charge in [-0.15, -0.1) is 0 Å². The van der Waals surface area contributed by atoms with Crippen molar-refractivity contribution in [2.24, 2.45) is 0 Å². The van der Waals surface area contributed by atoms with Crippen molar-refractivity contribution in [3.63, 3.8) is 0 Å². The van der Waals surface area contributed by atoms with Crippen molar-refractivity contribution in [1.82, 2.24) is 0 Å². The zero-order valence-corrected chi connectivity index (χ0v) is 10.9. The van der Waals surface area contributed by atoms with Crippen LogP contribution in [-0.2, 0) is 5.41 Å². The van der Waals surface area contributed by atoms with E-state index in [9.17, 15) is 0 Å². The summed E-state index contributed by atoms with van der Waals surface area (Å²) in [6, 6.07) is 6.91. The van der Waals surface area contributed by atoms with E-state index >= 15 is 0 Å². The highest BCUT2D eigenvalue weighted by Crippen LogP contribution is 2.20. The maximum atomic E-state index is 2.36. The van der Waals surface area contributed by atoms with Gasteiger partial charge >= 0.3 is 0 Å². The van der Waals surface area contributed by atoms with Crippen LogP contribution in [0.3, 0.4) is 0 Å². The third kappa shape index (κ3) is 2.44. The van der Waals surface area contributed by atoms with Crippen LogP contribution in [0.25, 0.3) is 0 Å². The molecule has 0 spiro atoms. The third-order valence-corrected chi connectivity index (χ3v) is 3.83. The topological polar surface area (TPSA) is 0 Å². The first kappa shape index (κ1) is 10.5. The van der Waals surface area contributed by atoms with E-state index in [1.165, 1.54) is 5.56 Å². The Balaban J connectivity index is 3.24. The Kier molecular flexibility index (Phi) is 2.97. The lowest BCUT2D eigenvalue weighted by atomic mass is 9.86. The fourth-order valence-corrected chi connectivity index (χ4v) is 3.06. The lowest BCUT2D eigenvalue weighted by Gasteiger charge is -2.23. The minimum absolute atomic E-state index is 0.0334. The van der Waals surface area contributed by atoms with Crippen LogP contribution in [-0.4, -0.2) is 9.52 Å². The van der Waals surface area contributed by atoms with Crippen molar-refractivity contribution in [3.05, 3.63) is 29.3 Å². The van der Waals surface area contributed by atoms with Gasteiger partial charge in [0.05, 0.1) is 9.52 Å². The van der Waals surface area contributed by atoms with Crippen LogP contribution in [0.4, 0.5) is 0 Å². The molecule has 0 amide bonds. The molecule has 1 heteroatoms. The van der Waals surface area contributed by atoms with Gasteiger partial charge in [0.25, 0.3) is 0 Å². The highest BCUT2D eigenvalue weighted by atomic mass is 28.2. The molecular formula is C12H20Si. The van der Waals surface area contributed by atoms with Crippen molar-refractivity contribution in [2.75, 3.05) is 0 Å². The lowest BCUT2D eigenvalue weighted by Crippen LogP contribution is -2.26. The first-order valence-corrected chi connectivity index (χ1v) is 7.17. The molecule has 1 rings (SSSR count). The van der Waals surface area contributed by atoms with Crippen LogP contribution in [0.2, 0.25) is 6.55 Å². The quantitative estimate of drug-likeness (QED) is 0.598. The average molecular weight is 192 g/mol. The molecule has 0 atom stereocenters. The van der Waals surface area contributed by atoms with Gasteiger partial charge in [-0.2, -0.15) is 0 Å². The van der Waals surface area contributed by atoms with Gasteiger partial charge in [-0.3, -0.25) is 0 Å². The molecular weight excluding hydrogens is 172 g/mol. The zero-order chi connectivity index (χ0) is 10.1. The number of hydrogen-bond donors (Lipinski definition) is 0. The molecule has 0 unspecified atom stereocenters. The van der Waals surface area contributed by atoms with Crippen molar-refractivity contribution >= 4 is 14.7 Å². The van der Waals surface area contributed by atoms with Gasteiger partial charge in [-0.25, -0.2) is 0 Å². The molecule has 1 aromatic rings. The van der Waals surface area contributed by atoms with Crippen molar-refractivity contribution in [1.29, 1.82) is 0 Å². The summed E-state index contributed by atoms with van der Waals surface area (Å²) >= 11 is 0. The smallest absolute Gasteiger partial charge is 0.0520 e. The summed E-state index contributed by atoms with van der Waals surface area (Å²) in [4.78, 5) is 0. The first-order chi connectivity index (χ1) is 5.95. The van der Waals surface area contributed by atoms with Gasteiger partial charge < -0.3 is 0 Å². The van der Waals surface area contributed by atoms with E-state index in [1.807, 2.05) is 0 Å². The predicted molar refractivity (Wildman–Crippen MR) is 63.9 cm³/mol. The summed E-state index contributed by atoms with van der Waals surface area (Å²) in [5.41, 5.74) is 3.25. The molecule has 0 saturated heterocycles. The molecule has 0 bridgehead atoms. The minimum Gasteiger partial charge on any atom is -0.0708 e. The molecule has 0 aromatic heterocycles. The van der Waals surface area contributed by atoms with E-state index < -0.39 is 0 Å². The third-order valence-electron chi connectivity index (χ3n) is 2.45. The summed E-state index contributed by atoms with van der Waals surface area (Å²) in [5, 5.41) is 1.62. The number of benzene rings is 1. The predicted octanol–water partition coefficient (Wildman–Crippen LogP) is 2.13. The van der Waals surface area contributed by atoms with Crippen LogP contribution in [0.5, 0.6) is 0 Å². The van der Waals surface area contributed by atoms with Crippen LogP contribution < -0.4 is 5.19 Å². The number of hydrogen-bond acceptors (Lipinski definition) is 0.